The Bertz CT molecular complexity index is 975. The molecule has 2 aliphatic heterocycles. The van der Waals surface area contributed by atoms with E-state index in [1.165, 1.54) is 17.7 Å². The van der Waals surface area contributed by atoms with Gasteiger partial charge in [-0.25, -0.2) is 18.4 Å². The van der Waals surface area contributed by atoms with E-state index in [0.717, 1.165) is 48.6 Å². The fraction of sp³-hybridized carbons (Fsp3) is 0.500. The highest BCUT2D eigenvalue weighted by atomic mass is 32.2. The number of aryl methyl sites for hydroxylation is 1. The predicted octanol–water partition coefficient (Wildman–Crippen LogP) is 2.74. The summed E-state index contributed by atoms with van der Waals surface area (Å²) in [5.74, 6) is 1.53. The smallest absolute Gasteiger partial charge is 0.226 e. The summed E-state index contributed by atoms with van der Waals surface area (Å²) in [6.07, 6.45) is 4.39. The van der Waals surface area contributed by atoms with Crippen LogP contribution in [0.1, 0.15) is 42.5 Å². The van der Waals surface area contributed by atoms with Crippen LogP contribution in [-0.4, -0.2) is 42.5 Å². The zero-order valence-electron chi connectivity index (χ0n) is 15.0. The van der Waals surface area contributed by atoms with Gasteiger partial charge >= 0.3 is 0 Å². The minimum atomic E-state index is -2.82. The van der Waals surface area contributed by atoms with Crippen LogP contribution in [0.25, 0.3) is 11.3 Å². The zero-order valence-corrected chi connectivity index (χ0v) is 15.8. The highest BCUT2D eigenvalue weighted by Crippen LogP contribution is 2.36. The van der Waals surface area contributed by atoms with Gasteiger partial charge in [-0.05, 0) is 44.2 Å². The van der Waals surface area contributed by atoms with Gasteiger partial charge in [0.2, 0.25) is 5.95 Å². The van der Waals surface area contributed by atoms with E-state index in [0.29, 0.717) is 6.04 Å². The van der Waals surface area contributed by atoms with Crippen molar-refractivity contribution < 1.29 is 8.42 Å². The first kappa shape index (κ1) is 16.2. The number of nitrogens with zero attached hydrogens (tertiary/aromatic N) is 3. The Kier molecular flexibility index (Phi) is 3.61. The van der Waals surface area contributed by atoms with E-state index in [1.807, 2.05) is 12.1 Å². The van der Waals surface area contributed by atoms with E-state index in [2.05, 4.69) is 24.0 Å². The van der Waals surface area contributed by atoms with Gasteiger partial charge in [-0.2, -0.15) is 0 Å². The summed E-state index contributed by atoms with van der Waals surface area (Å²) in [4.78, 5) is 12.1. The Labute approximate surface area is 154 Å². The van der Waals surface area contributed by atoms with Crippen LogP contribution in [0.4, 0.5) is 5.95 Å². The van der Waals surface area contributed by atoms with Crippen molar-refractivity contribution >= 4 is 15.8 Å². The summed E-state index contributed by atoms with van der Waals surface area (Å²) in [5, 5.41) is 0. The normalized spacial score (nSPS) is 24.0. The van der Waals surface area contributed by atoms with Gasteiger partial charge in [0.15, 0.2) is 9.84 Å². The Hall–Kier alpha value is -1.95. The molecule has 1 aliphatic carbocycles. The van der Waals surface area contributed by atoms with Crippen LogP contribution in [0.2, 0.25) is 0 Å². The van der Waals surface area contributed by atoms with Crippen LogP contribution < -0.4 is 4.90 Å². The van der Waals surface area contributed by atoms with Crippen molar-refractivity contribution in [2.75, 3.05) is 23.0 Å². The number of hydrogen-bond acceptors (Lipinski definition) is 5. The largest absolute Gasteiger partial charge is 0.338 e. The molecule has 26 heavy (non-hydrogen) atoms. The lowest BCUT2D eigenvalue weighted by Gasteiger charge is -2.39. The van der Waals surface area contributed by atoms with E-state index in [9.17, 15) is 8.42 Å². The fourth-order valence-electron chi connectivity index (χ4n) is 4.30. The van der Waals surface area contributed by atoms with Crippen molar-refractivity contribution in [1.29, 1.82) is 0 Å². The molecule has 0 N–H and O–H groups in total. The minimum absolute atomic E-state index is 0.129. The van der Waals surface area contributed by atoms with Crippen LogP contribution in [-0.2, 0) is 22.7 Å². The Balaban J connectivity index is 1.55. The molecular formula is C20H23N3O2S. The van der Waals surface area contributed by atoms with Gasteiger partial charge in [0.25, 0.3) is 0 Å². The highest BCUT2D eigenvalue weighted by Gasteiger charge is 2.35. The number of hydrogen-bond donors (Lipinski definition) is 0. The molecule has 0 amide bonds. The van der Waals surface area contributed by atoms with E-state index >= 15 is 0 Å². The fourth-order valence-corrected chi connectivity index (χ4v) is 5.81. The van der Waals surface area contributed by atoms with Gasteiger partial charge in [-0.1, -0.05) is 18.2 Å². The van der Waals surface area contributed by atoms with Crippen LogP contribution >= 0.6 is 0 Å². The van der Waals surface area contributed by atoms with Gasteiger partial charge in [0.05, 0.1) is 17.2 Å². The average Bonchev–Trinajstić information content (AvgIpc) is 3.06. The quantitative estimate of drug-likeness (QED) is 0.832. The molecule has 1 atom stereocenters. The van der Waals surface area contributed by atoms with Gasteiger partial charge in [-0.3, -0.25) is 0 Å². The molecule has 0 unspecified atom stereocenters. The van der Waals surface area contributed by atoms with Crippen molar-refractivity contribution in [1.82, 2.24) is 9.97 Å². The van der Waals surface area contributed by atoms with Gasteiger partial charge < -0.3 is 4.90 Å². The second-order valence-electron chi connectivity index (χ2n) is 7.88. The van der Waals surface area contributed by atoms with Crippen molar-refractivity contribution in [3.8, 4) is 11.3 Å². The van der Waals surface area contributed by atoms with E-state index < -0.39 is 9.84 Å². The molecule has 6 heteroatoms. The number of aromatic nitrogens is 2. The Morgan fingerprint density at radius 2 is 2.00 bits per heavy atom. The van der Waals surface area contributed by atoms with Crippen LogP contribution in [0, 0.1) is 0 Å². The standard InChI is InChI=1S/C20H23N3O2S/c1-13-8-9-23(13)20-21-18-7-3-6-17(18)19(22-20)15-5-2-4-14(10-15)16-11-26(24,25)12-16/h2,4-5,10,13,16H,3,6-9,11-12H2,1H3/t13-/m0/s1. The summed E-state index contributed by atoms with van der Waals surface area (Å²) < 4.78 is 23.1. The molecule has 2 aromatic rings. The topological polar surface area (TPSA) is 63.2 Å². The molecule has 3 aliphatic rings. The second kappa shape index (κ2) is 5.78. The molecule has 0 saturated carbocycles. The molecule has 136 valence electrons. The average molecular weight is 369 g/mol. The third kappa shape index (κ3) is 2.62. The lowest BCUT2D eigenvalue weighted by Crippen LogP contribution is -2.46. The van der Waals surface area contributed by atoms with Gasteiger partial charge in [0, 0.05) is 35.3 Å². The number of sulfone groups is 1. The molecule has 0 bridgehead atoms. The van der Waals surface area contributed by atoms with Gasteiger partial charge in [0.1, 0.15) is 0 Å². The number of rotatable bonds is 3. The summed E-state index contributed by atoms with van der Waals surface area (Å²) in [7, 11) is -2.82. The molecule has 0 radical (unpaired) electrons. The summed E-state index contributed by atoms with van der Waals surface area (Å²) in [5.41, 5.74) is 5.73. The maximum absolute atomic E-state index is 11.5. The van der Waals surface area contributed by atoms with Gasteiger partial charge in [-0.15, -0.1) is 0 Å². The highest BCUT2D eigenvalue weighted by molar-refractivity contribution is 7.92. The monoisotopic (exact) mass is 369 g/mol. The zero-order chi connectivity index (χ0) is 17.9. The molecule has 2 saturated heterocycles. The molecule has 1 aromatic carbocycles. The van der Waals surface area contributed by atoms with E-state index in [4.69, 9.17) is 9.97 Å². The molecule has 1 aromatic heterocycles. The summed E-state index contributed by atoms with van der Waals surface area (Å²) in [6, 6.07) is 8.83. The number of fused-ring (bicyclic) bond motifs is 1. The second-order valence-corrected chi connectivity index (χ2v) is 10.0. The molecule has 5 nitrogen and oxygen atoms in total. The van der Waals surface area contributed by atoms with Crippen LogP contribution in [0.3, 0.4) is 0 Å². The van der Waals surface area contributed by atoms with Crippen molar-refractivity contribution in [2.24, 2.45) is 0 Å². The predicted molar refractivity (Wildman–Crippen MR) is 102 cm³/mol. The molecule has 3 heterocycles. The SMILES string of the molecule is C[C@H]1CCN1c1nc2c(c(-c3cccc(C4CS(=O)(=O)C4)c3)n1)CCC2. The molecule has 2 fully saturated rings. The molecular weight excluding hydrogens is 346 g/mol. The van der Waals surface area contributed by atoms with E-state index in [-0.39, 0.29) is 17.4 Å². The Morgan fingerprint density at radius 3 is 2.69 bits per heavy atom. The maximum atomic E-state index is 11.5. The van der Waals surface area contributed by atoms with Crippen molar-refractivity contribution in [3.63, 3.8) is 0 Å². The first-order valence-electron chi connectivity index (χ1n) is 9.47. The lowest BCUT2D eigenvalue weighted by atomic mass is 9.97. The first-order valence-corrected chi connectivity index (χ1v) is 11.3. The minimum Gasteiger partial charge on any atom is -0.338 e. The number of benzene rings is 1. The van der Waals surface area contributed by atoms with Crippen molar-refractivity contribution in [3.05, 3.63) is 41.1 Å². The lowest BCUT2D eigenvalue weighted by molar-refractivity contribution is 0.470. The molecule has 0 spiro atoms. The first-order chi connectivity index (χ1) is 12.5. The van der Waals surface area contributed by atoms with Crippen LogP contribution in [0.5, 0.6) is 0 Å². The van der Waals surface area contributed by atoms with E-state index in [1.54, 1.807) is 0 Å². The third-order valence-corrected chi connectivity index (χ3v) is 7.86. The van der Waals surface area contributed by atoms with Crippen molar-refractivity contribution in [2.45, 2.75) is 44.6 Å². The summed E-state index contributed by atoms with van der Waals surface area (Å²) in [6.45, 7) is 3.25. The Morgan fingerprint density at radius 1 is 1.15 bits per heavy atom. The van der Waals surface area contributed by atoms with Crippen LogP contribution in [0.15, 0.2) is 24.3 Å². The summed E-state index contributed by atoms with van der Waals surface area (Å²) >= 11 is 0. The maximum Gasteiger partial charge on any atom is 0.226 e. The third-order valence-electron chi connectivity index (χ3n) is 6.04. The molecule has 5 rings (SSSR count). The number of anilines is 1.